The third kappa shape index (κ3) is 3.63. The average Bonchev–Trinajstić information content (AvgIpc) is 2.58. The zero-order chi connectivity index (χ0) is 13.0. The van der Waals surface area contributed by atoms with E-state index in [1.807, 2.05) is 19.2 Å². The van der Waals surface area contributed by atoms with Crippen LogP contribution in [0.2, 0.25) is 0 Å². The van der Waals surface area contributed by atoms with Crippen molar-refractivity contribution in [3.63, 3.8) is 0 Å². The van der Waals surface area contributed by atoms with Gasteiger partial charge in [-0.15, -0.1) is 10.2 Å². The van der Waals surface area contributed by atoms with E-state index < -0.39 is 17.2 Å². The lowest BCUT2D eigenvalue weighted by atomic mass is 10.1. The van der Waals surface area contributed by atoms with Gasteiger partial charge in [0.05, 0.1) is 5.25 Å². The van der Waals surface area contributed by atoms with Gasteiger partial charge in [-0.05, 0) is 5.92 Å². The Labute approximate surface area is 102 Å². The summed E-state index contributed by atoms with van der Waals surface area (Å²) in [6.45, 7) is 3.69. The standard InChI is InChI=1S/C8H14N6O2S/c1-4(2)5(6(15)12-7(9)16)17-8-13-11-3-14(8)10/h3-5H,10H2,1-2H3,(H3,9,12,15,16). The number of nitrogens with two attached hydrogens (primary N) is 2. The lowest BCUT2D eigenvalue weighted by molar-refractivity contribution is -0.120. The van der Waals surface area contributed by atoms with Gasteiger partial charge in [0.2, 0.25) is 11.1 Å². The summed E-state index contributed by atoms with van der Waals surface area (Å²) in [6.07, 6.45) is 1.33. The van der Waals surface area contributed by atoms with Crippen molar-refractivity contribution < 1.29 is 9.59 Å². The zero-order valence-electron chi connectivity index (χ0n) is 9.45. The van der Waals surface area contributed by atoms with Crippen molar-refractivity contribution in [1.82, 2.24) is 20.2 Å². The first-order valence-corrected chi connectivity index (χ1v) is 5.71. The van der Waals surface area contributed by atoms with Gasteiger partial charge in [0.1, 0.15) is 6.33 Å². The molecule has 0 saturated heterocycles. The molecule has 0 spiro atoms. The predicted octanol–water partition coefficient (Wildman–Crippen LogP) is -0.696. The number of carbonyl (C=O) groups is 2. The number of nitrogens with zero attached hydrogens (tertiary/aromatic N) is 3. The van der Waals surface area contributed by atoms with Crippen LogP contribution in [-0.2, 0) is 4.79 Å². The minimum Gasteiger partial charge on any atom is -0.351 e. The largest absolute Gasteiger partial charge is 0.351 e. The smallest absolute Gasteiger partial charge is 0.318 e. The van der Waals surface area contributed by atoms with Gasteiger partial charge < -0.3 is 11.6 Å². The molecule has 0 fully saturated rings. The maximum absolute atomic E-state index is 11.7. The van der Waals surface area contributed by atoms with E-state index in [1.165, 1.54) is 11.0 Å². The molecule has 1 heterocycles. The molecule has 8 nitrogen and oxygen atoms in total. The normalized spacial score (nSPS) is 12.4. The molecule has 0 aliphatic rings. The van der Waals surface area contributed by atoms with Crippen molar-refractivity contribution in [2.24, 2.45) is 11.7 Å². The molecule has 94 valence electrons. The first-order valence-electron chi connectivity index (χ1n) is 4.84. The van der Waals surface area contributed by atoms with Gasteiger partial charge in [-0.3, -0.25) is 10.1 Å². The van der Waals surface area contributed by atoms with E-state index in [1.54, 1.807) is 0 Å². The molecule has 1 aromatic rings. The molecular formula is C8H14N6O2S. The molecular weight excluding hydrogens is 244 g/mol. The van der Waals surface area contributed by atoms with Crippen LogP contribution >= 0.6 is 11.8 Å². The third-order valence-electron chi connectivity index (χ3n) is 1.88. The number of imide groups is 1. The second kappa shape index (κ2) is 5.53. The lowest BCUT2D eigenvalue weighted by Gasteiger charge is -2.17. The van der Waals surface area contributed by atoms with Crippen molar-refractivity contribution >= 4 is 23.7 Å². The Balaban J connectivity index is 2.77. The lowest BCUT2D eigenvalue weighted by Crippen LogP contribution is -2.42. The molecule has 1 aromatic heterocycles. The molecule has 0 aliphatic heterocycles. The number of nitrogen functional groups attached to an aromatic ring is 1. The molecule has 0 aromatic carbocycles. The molecule has 3 amide bonds. The maximum atomic E-state index is 11.7. The summed E-state index contributed by atoms with van der Waals surface area (Å²) >= 11 is 1.12. The molecule has 1 atom stereocenters. The number of primary amides is 1. The van der Waals surface area contributed by atoms with E-state index in [-0.39, 0.29) is 5.92 Å². The topological polar surface area (TPSA) is 129 Å². The van der Waals surface area contributed by atoms with Gasteiger partial charge in [0.25, 0.3) is 0 Å². The van der Waals surface area contributed by atoms with Crippen molar-refractivity contribution in [3.05, 3.63) is 6.33 Å². The predicted molar refractivity (Wildman–Crippen MR) is 62.4 cm³/mol. The summed E-state index contributed by atoms with van der Waals surface area (Å²) in [5.41, 5.74) is 4.90. The Kier molecular flexibility index (Phi) is 4.32. The fraction of sp³-hybridized carbons (Fsp3) is 0.500. The second-order valence-corrected chi connectivity index (χ2v) is 4.77. The minimum absolute atomic E-state index is 0.0175. The summed E-state index contributed by atoms with van der Waals surface area (Å²) in [6, 6.07) is -0.879. The first-order chi connectivity index (χ1) is 7.91. The number of nitrogens with one attached hydrogen (secondary N) is 1. The highest BCUT2D eigenvalue weighted by atomic mass is 32.2. The van der Waals surface area contributed by atoms with Crippen LogP contribution in [-0.4, -0.2) is 32.1 Å². The minimum atomic E-state index is -0.879. The number of rotatable bonds is 4. The van der Waals surface area contributed by atoms with Crippen LogP contribution in [0.4, 0.5) is 4.79 Å². The fourth-order valence-corrected chi connectivity index (χ4v) is 2.04. The molecule has 17 heavy (non-hydrogen) atoms. The zero-order valence-corrected chi connectivity index (χ0v) is 10.3. The van der Waals surface area contributed by atoms with Crippen LogP contribution in [0.1, 0.15) is 13.8 Å². The molecule has 1 rings (SSSR count). The highest BCUT2D eigenvalue weighted by Gasteiger charge is 2.26. The van der Waals surface area contributed by atoms with Crippen LogP contribution < -0.4 is 16.9 Å². The molecule has 9 heteroatoms. The van der Waals surface area contributed by atoms with E-state index in [2.05, 4.69) is 10.2 Å². The van der Waals surface area contributed by atoms with E-state index in [9.17, 15) is 9.59 Å². The maximum Gasteiger partial charge on any atom is 0.318 e. The van der Waals surface area contributed by atoms with Crippen LogP contribution in [0.15, 0.2) is 11.5 Å². The van der Waals surface area contributed by atoms with Gasteiger partial charge in [-0.2, -0.15) is 0 Å². The monoisotopic (exact) mass is 258 g/mol. The number of aromatic nitrogens is 3. The van der Waals surface area contributed by atoms with Crippen molar-refractivity contribution in [3.8, 4) is 0 Å². The van der Waals surface area contributed by atoms with E-state index >= 15 is 0 Å². The van der Waals surface area contributed by atoms with E-state index in [4.69, 9.17) is 11.6 Å². The number of thioether (sulfide) groups is 1. The van der Waals surface area contributed by atoms with Crippen molar-refractivity contribution in [2.45, 2.75) is 24.3 Å². The van der Waals surface area contributed by atoms with Gasteiger partial charge in [0, 0.05) is 0 Å². The Morgan fingerprint density at radius 1 is 1.53 bits per heavy atom. The summed E-state index contributed by atoms with van der Waals surface area (Å²) in [7, 11) is 0. The van der Waals surface area contributed by atoms with Gasteiger partial charge in [-0.1, -0.05) is 25.6 Å². The molecule has 1 unspecified atom stereocenters. The molecule has 0 bridgehead atoms. The molecule has 0 radical (unpaired) electrons. The SMILES string of the molecule is CC(C)C(Sc1nncn1N)C(=O)NC(N)=O. The van der Waals surface area contributed by atoms with Gasteiger partial charge >= 0.3 is 6.03 Å². The summed E-state index contributed by atoms with van der Waals surface area (Å²) in [5, 5.41) is 9.26. The summed E-state index contributed by atoms with van der Waals surface area (Å²) < 4.78 is 1.21. The molecule has 5 N–H and O–H groups in total. The van der Waals surface area contributed by atoms with E-state index in [0.717, 1.165) is 11.8 Å². The number of amides is 3. The van der Waals surface area contributed by atoms with Gasteiger partial charge in [0.15, 0.2) is 0 Å². The fourth-order valence-electron chi connectivity index (χ4n) is 1.11. The third-order valence-corrected chi connectivity index (χ3v) is 3.40. The quantitative estimate of drug-likeness (QED) is 0.484. The van der Waals surface area contributed by atoms with Crippen molar-refractivity contribution in [2.75, 3.05) is 5.84 Å². The van der Waals surface area contributed by atoms with Crippen LogP contribution in [0.3, 0.4) is 0 Å². The van der Waals surface area contributed by atoms with Crippen LogP contribution in [0.25, 0.3) is 0 Å². The number of urea groups is 1. The number of hydrogen-bond donors (Lipinski definition) is 3. The average molecular weight is 258 g/mol. The summed E-state index contributed by atoms with van der Waals surface area (Å²) in [4.78, 5) is 22.3. The Bertz CT molecular complexity index is 418. The van der Waals surface area contributed by atoms with Crippen molar-refractivity contribution in [1.29, 1.82) is 0 Å². The Hall–Kier alpha value is -1.77. The first kappa shape index (κ1) is 13.3. The Morgan fingerprint density at radius 2 is 2.18 bits per heavy atom. The molecule has 0 aliphatic carbocycles. The van der Waals surface area contributed by atoms with Crippen LogP contribution in [0.5, 0.6) is 0 Å². The van der Waals surface area contributed by atoms with Crippen LogP contribution in [0, 0.1) is 5.92 Å². The molecule has 0 saturated carbocycles. The highest BCUT2D eigenvalue weighted by molar-refractivity contribution is 8.00. The number of carbonyl (C=O) groups excluding carboxylic acids is 2. The Morgan fingerprint density at radius 3 is 2.59 bits per heavy atom. The summed E-state index contributed by atoms with van der Waals surface area (Å²) in [5.74, 6) is 5.05. The van der Waals surface area contributed by atoms with E-state index in [0.29, 0.717) is 5.16 Å². The highest BCUT2D eigenvalue weighted by Crippen LogP contribution is 2.25. The second-order valence-electron chi connectivity index (χ2n) is 3.66. The van der Waals surface area contributed by atoms with Gasteiger partial charge in [-0.25, -0.2) is 9.47 Å². The number of hydrogen-bond acceptors (Lipinski definition) is 6.